The van der Waals surface area contributed by atoms with Crippen molar-refractivity contribution in [1.82, 2.24) is 0 Å². The summed E-state index contributed by atoms with van der Waals surface area (Å²) in [6.07, 6.45) is 0. The van der Waals surface area contributed by atoms with Gasteiger partial charge in [0.2, 0.25) is 0 Å². The molecule has 0 atom stereocenters. The van der Waals surface area contributed by atoms with Gasteiger partial charge in [-0.25, -0.2) is 0 Å². The topological polar surface area (TPSA) is 17.1 Å². The lowest BCUT2D eigenvalue weighted by Crippen LogP contribution is -1.95. The lowest BCUT2D eigenvalue weighted by atomic mass is 10.2. The third-order valence-corrected chi connectivity index (χ3v) is 3.61. The Morgan fingerprint density at radius 3 is 2.53 bits per heavy atom. The maximum absolute atomic E-state index is 11.8. The van der Waals surface area contributed by atoms with E-state index >= 15 is 0 Å². The smallest absolute Gasteiger partial charge is 0.187 e. The maximum atomic E-state index is 11.8. The maximum Gasteiger partial charge on any atom is 0.187 e. The van der Waals surface area contributed by atoms with Crippen molar-refractivity contribution in [2.75, 3.05) is 0 Å². The van der Waals surface area contributed by atoms with Crippen molar-refractivity contribution in [3.63, 3.8) is 0 Å². The molecule has 0 saturated carbocycles. The molecule has 0 radical (unpaired) electrons. The van der Waals surface area contributed by atoms with Crippen molar-refractivity contribution in [2.45, 2.75) is 0 Å². The normalized spacial score (nSPS) is 10.9. The molecule has 3 rings (SSSR count). The van der Waals surface area contributed by atoms with Gasteiger partial charge in [0.15, 0.2) is 5.43 Å². The zero-order valence-corrected chi connectivity index (χ0v) is 8.75. The molecule has 0 aliphatic rings. The Bertz CT molecular complexity index is 697. The van der Waals surface area contributed by atoms with Gasteiger partial charge in [-0.2, -0.15) is 0 Å². The molecule has 0 aliphatic carbocycles. The van der Waals surface area contributed by atoms with E-state index in [0.29, 0.717) is 0 Å². The van der Waals surface area contributed by atoms with Gasteiger partial charge in [-0.1, -0.05) is 30.3 Å². The summed E-state index contributed by atoms with van der Waals surface area (Å²) in [6.45, 7) is 0. The second-order valence-corrected chi connectivity index (χ2v) is 4.50. The SMILES string of the molecule is O=c1cccc2sc3cccccc3c12. The molecule has 2 heteroatoms. The predicted molar refractivity (Wildman–Crippen MR) is 65.6 cm³/mol. The van der Waals surface area contributed by atoms with Crippen molar-refractivity contribution < 1.29 is 0 Å². The van der Waals surface area contributed by atoms with Crippen LogP contribution >= 0.6 is 11.3 Å². The molecule has 1 heterocycles. The molecule has 0 aliphatic heterocycles. The van der Waals surface area contributed by atoms with Crippen LogP contribution in [0.25, 0.3) is 20.2 Å². The zero-order chi connectivity index (χ0) is 10.3. The molecule has 0 saturated heterocycles. The lowest BCUT2D eigenvalue weighted by molar-refractivity contribution is 1.72. The number of benzene rings is 1. The van der Waals surface area contributed by atoms with Crippen molar-refractivity contribution in [1.29, 1.82) is 0 Å². The summed E-state index contributed by atoms with van der Waals surface area (Å²) < 4.78 is 2.24. The first kappa shape index (κ1) is 8.62. The Morgan fingerprint density at radius 1 is 0.800 bits per heavy atom. The summed E-state index contributed by atoms with van der Waals surface area (Å²) in [5.74, 6) is 0. The van der Waals surface area contributed by atoms with Crippen molar-refractivity contribution in [3.8, 4) is 0 Å². The predicted octanol–water partition coefficient (Wildman–Crippen LogP) is 3.41. The molecule has 1 nitrogen and oxygen atoms in total. The van der Waals surface area contributed by atoms with E-state index in [4.69, 9.17) is 0 Å². The number of fused-ring (bicyclic) bond motifs is 3. The highest BCUT2D eigenvalue weighted by molar-refractivity contribution is 7.25. The average Bonchev–Trinajstić information content (AvgIpc) is 2.43. The highest BCUT2D eigenvalue weighted by Crippen LogP contribution is 2.30. The number of thiophene rings is 1. The second kappa shape index (κ2) is 3.17. The Morgan fingerprint density at radius 2 is 1.60 bits per heavy atom. The minimum absolute atomic E-state index is 0.116. The fraction of sp³-hybridized carbons (Fsp3) is 0. The average molecular weight is 212 g/mol. The summed E-state index contributed by atoms with van der Waals surface area (Å²) in [6, 6.07) is 15.5. The van der Waals surface area contributed by atoms with Gasteiger partial charge in [0.1, 0.15) is 0 Å². The largest absolute Gasteiger partial charge is 0.289 e. The van der Waals surface area contributed by atoms with Gasteiger partial charge in [0, 0.05) is 20.2 Å². The number of hydrogen-bond acceptors (Lipinski definition) is 2. The van der Waals surface area contributed by atoms with E-state index in [-0.39, 0.29) is 5.43 Å². The summed E-state index contributed by atoms with van der Waals surface area (Å²) in [5, 5.41) is 1.92. The molecule has 0 fully saturated rings. The minimum atomic E-state index is 0.116. The third-order valence-electron chi connectivity index (χ3n) is 2.48. The van der Waals surface area contributed by atoms with Crippen LogP contribution in [0.2, 0.25) is 0 Å². The fourth-order valence-electron chi connectivity index (χ4n) is 1.81. The minimum Gasteiger partial charge on any atom is -0.289 e. The van der Waals surface area contributed by atoms with Crippen LogP contribution in [0.15, 0.2) is 53.3 Å². The van der Waals surface area contributed by atoms with Crippen LogP contribution < -0.4 is 5.43 Å². The molecule has 0 N–H and O–H groups in total. The highest BCUT2D eigenvalue weighted by Gasteiger charge is 2.05. The molecule has 0 bridgehead atoms. The highest BCUT2D eigenvalue weighted by atomic mass is 32.1. The number of rotatable bonds is 0. The van der Waals surface area contributed by atoms with Gasteiger partial charge in [-0.05, 0) is 18.2 Å². The molecular formula is C13H8OS. The van der Waals surface area contributed by atoms with Crippen LogP contribution in [0.5, 0.6) is 0 Å². The van der Waals surface area contributed by atoms with Gasteiger partial charge in [-0.3, -0.25) is 4.79 Å². The quantitative estimate of drug-likeness (QED) is 0.558. The van der Waals surface area contributed by atoms with E-state index in [1.165, 1.54) is 4.70 Å². The molecule has 3 aromatic rings. The van der Waals surface area contributed by atoms with E-state index in [9.17, 15) is 4.79 Å². The van der Waals surface area contributed by atoms with E-state index in [0.717, 1.165) is 15.5 Å². The van der Waals surface area contributed by atoms with Crippen LogP contribution in [0.3, 0.4) is 0 Å². The molecule has 1 aromatic heterocycles. The fourth-order valence-corrected chi connectivity index (χ4v) is 2.93. The molecule has 0 unspecified atom stereocenters. The molecule has 0 spiro atoms. The lowest BCUT2D eigenvalue weighted by Gasteiger charge is -1.85. The van der Waals surface area contributed by atoms with Gasteiger partial charge in [0.05, 0.1) is 0 Å². The Hall–Kier alpha value is -1.67. The molecule has 0 amide bonds. The Labute approximate surface area is 90.6 Å². The van der Waals surface area contributed by atoms with Crippen molar-refractivity contribution in [3.05, 3.63) is 58.8 Å². The van der Waals surface area contributed by atoms with Crippen LogP contribution in [-0.4, -0.2) is 0 Å². The van der Waals surface area contributed by atoms with Gasteiger partial charge < -0.3 is 0 Å². The van der Waals surface area contributed by atoms with Gasteiger partial charge in [-0.15, -0.1) is 11.3 Å². The third kappa shape index (κ3) is 1.26. The second-order valence-electron chi connectivity index (χ2n) is 3.42. The van der Waals surface area contributed by atoms with Crippen LogP contribution in [0, 0.1) is 0 Å². The van der Waals surface area contributed by atoms with E-state index in [1.54, 1.807) is 17.4 Å². The van der Waals surface area contributed by atoms with Gasteiger partial charge in [0.25, 0.3) is 0 Å². The molecular weight excluding hydrogens is 204 g/mol. The van der Waals surface area contributed by atoms with Crippen molar-refractivity contribution in [2.24, 2.45) is 0 Å². The summed E-state index contributed by atoms with van der Waals surface area (Å²) in [4.78, 5) is 11.8. The van der Waals surface area contributed by atoms with Crippen molar-refractivity contribution >= 4 is 31.5 Å². The van der Waals surface area contributed by atoms with E-state index < -0.39 is 0 Å². The standard InChI is InChI=1S/C13H8OS/c14-10-6-4-8-12-13(10)9-5-2-1-3-7-11(9)15-12/h1-8H. The first-order valence-corrected chi connectivity index (χ1v) is 5.58. The Kier molecular flexibility index (Phi) is 1.82. The zero-order valence-electron chi connectivity index (χ0n) is 7.94. The van der Waals surface area contributed by atoms with Crippen LogP contribution in [0.4, 0.5) is 0 Å². The number of hydrogen-bond donors (Lipinski definition) is 0. The first-order valence-electron chi connectivity index (χ1n) is 4.77. The summed E-state index contributed by atoms with van der Waals surface area (Å²) in [7, 11) is 0. The van der Waals surface area contributed by atoms with Crippen LogP contribution in [-0.2, 0) is 0 Å². The molecule has 72 valence electrons. The van der Waals surface area contributed by atoms with E-state index in [2.05, 4.69) is 6.07 Å². The molecule has 2 aromatic carbocycles. The summed E-state index contributed by atoms with van der Waals surface area (Å²) >= 11 is 1.67. The molecule has 15 heavy (non-hydrogen) atoms. The van der Waals surface area contributed by atoms with Crippen LogP contribution in [0.1, 0.15) is 0 Å². The van der Waals surface area contributed by atoms with E-state index in [1.807, 2.05) is 36.4 Å². The monoisotopic (exact) mass is 212 g/mol. The first-order chi connectivity index (χ1) is 7.36. The summed E-state index contributed by atoms with van der Waals surface area (Å²) in [5.41, 5.74) is 0.116. The Balaban J connectivity index is 2.70. The van der Waals surface area contributed by atoms with Gasteiger partial charge >= 0.3 is 0 Å².